The van der Waals surface area contributed by atoms with Gasteiger partial charge in [0.15, 0.2) is 0 Å². The van der Waals surface area contributed by atoms with Crippen molar-refractivity contribution in [3.05, 3.63) is 56.4 Å². The van der Waals surface area contributed by atoms with E-state index < -0.39 is 0 Å². The zero-order chi connectivity index (χ0) is 20.4. The van der Waals surface area contributed by atoms with Crippen LogP contribution < -0.4 is 10.5 Å². The molecule has 5 nitrogen and oxygen atoms in total. The molecule has 4 rings (SSSR count). The van der Waals surface area contributed by atoms with Crippen LogP contribution in [0.25, 0.3) is 10.2 Å². The van der Waals surface area contributed by atoms with E-state index in [4.69, 9.17) is 4.98 Å². The number of fused-ring (bicyclic) bond motifs is 3. The lowest BCUT2D eigenvalue weighted by Gasteiger charge is -2.20. The van der Waals surface area contributed by atoms with Gasteiger partial charge in [-0.25, -0.2) is 4.98 Å². The molecule has 1 aromatic carbocycles. The van der Waals surface area contributed by atoms with Gasteiger partial charge in [0.25, 0.3) is 5.56 Å². The fourth-order valence-electron chi connectivity index (χ4n) is 4.07. The highest BCUT2D eigenvalue weighted by Gasteiger charge is 2.21. The molecule has 1 aliphatic carbocycles. The van der Waals surface area contributed by atoms with Gasteiger partial charge in [0, 0.05) is 30.1 Å². The molecule has 0 atom stereocenters. The topological polar surface area (TPSA) is 50.5 Å². The van der Waals surface area contributed by atoms with Crippen LogP contribution in [-0.2, 0) is 19.3 Å². The van der Waals surface area contributed by atoms with Crippen LogP contribution in [-0.4, -0.2) is 29.0 Å². The molecular weight excluding hydrogens is 380 g/mol. The molecule has 0 N–H and O–H groups in total. The summed E-state index contributed by atoms with van der Waals surface area (Å²) in [5, 5.41) is 5.34. The molecule has 0 aliphatic heterocycles. The standard InChI is InChI=1S/C23H28N4OS/c1-4-20-25-22-21(18-9-7-8-10-19(18)29-22)23(28)27(20)24-15-16-11-13-17(14-12-16)26(5-2)6-3/h11-15H,4-10H2,1-3H3. The van der Waals surface area contributed by atoms with Gasteiger partial charge in [-0.1, -0.05) is 19.1 Å². The predicted molar refractivity (Wildman–Crippen MR) is 123 cm³/mol. The summed E-state index contributed by atoms with van der Waals surface area (Å²) in [5.41, 5.74) is 3.36. The Labute approximate surface area is 175 Å². The van der Waals surface area contributed by atoms with Crippen molar-refractivity contribution >= 4 is 33.5 Å². The minimum Gasteiger partial charge on any atom is -0.372 e. The van der Waals surface area contributed by atoms with E-state index in [0.29, 0.717) is 6.42 Å². The molecule has 1 aliphatic rings. The van der Waals surface area contributed by atoms with Crippen LogP contribution in [0.5, 0.6) is 0 Å². The quantitative estimate of drug-likeness (QED) is 0.559. The third-order valence-corrected chi connectivity index (χ3v) is 6.88. The summed E-state index contributed by atoms with van der Waals surface area (Å²) in [6.45, 7) is 8.30. The van der Waals surface area contributed by atoms with E-state index in [1.807, 2.05) is 19.1 Å². The second kappa shape index (κ2) is 8.49. The first-order valence-electron chi connectivity index (χ1n) is 10.6. The maximum absolute atomic E-state index is 13.3. The SMILES string of the molecule is CCc1nc2sc3c(c2c(=O)n1N=Cc1ccc(N(CC)CC)cc1)CCCC3. The van der Waals surface area contributed by atoms with Crippen LogP contribution in [0.3, 0.4) is 0 Å². The number of aromatic nitrogens is 2. The van der Waals surface area contributed by atoms with Gasteiger partial charge in [-0.05, 0) is 62.8 Å². The lowest BCUT2D eigenvalue weighted by atomic mass is 9.97. The van der Waals surface area contributed by atoms with E-state index in [2.05, 4.69) is 36.0 Å². The van der Waals surface area contributed by atoms with E-state index in [-0.39, 0.29) is 5.56 Å². The van der Waals surface area contributed by atoms with Gasteiger partial charge in [0.1, 0.15) is 10.7 Å². The smallest absolute Gasteiger partial charge is 0.283 e. The van der Waals surface area contributed by atoms with Gasteiger partial charge in [-0.2, -0.15) is 9.78 Å². The Bertz CT molecular complexity index is 1090. The highest BCUT2D eigenvalue weighted by molar-refractivity contribution is 7.18. The number of thiophene rings is 1. The van der Waals surface area contributed by atoms with Crippen LogP contribution in [0.4, 0.5) is 5.69 Å². The van der Waals surface area contributed by atoms with E-state index in [0.717, 1.165) is 54.0 Å². The first-order valence-corrected chi connectivity index (χ1v) is 11.4. The molecule has 0 amide bonds. The first-order chi connectivity index (χ1) is 14.2. The molecule has 152 valence electrons. The average molecular weight is 409 g/mol. The number of hydrogen-bond acceptors (Lipinski definition) is 5. The third-order valence-electron chi connectivity index (χ3n) is 5.69. The van der Waals surface area contributed by atoms with Crippen molar-refractivity contribution in [3.8, 4) is 0 Å². The number of anilines is 1. The van der Waals surface area contributed by atoms with Gasteiger partial charge in [-0.3, -0.25) is 4.79 Å². The first kappa shape index (κ1) is 19.8. The molecule has 0 spiro atoms. The summed E-state index contributed by atoms with van der Waals surface area (Å²) in [5.74, 6) is 0.720. The van der Waals surface area contributed by atoms with Crippen LogP contribution in [0.15, 0.2) is 34.2 Å². The molecule has 2 heterocycles. The fourth-order valence-corrected chi connectivity index (χ4v) is 5.34. The molecule has 2 aromatic heterocycles. The van der Waals surface area contributed by atoms with E-state index in [1.165, 1.54) is 27.2 Å². The molecular formula is C23H28N4OS. The van der Waals surface area contributed by atoms with Crippen molar-refractivity contribution in [2.75, 3.05) is 18.0 Å². The highest BCUT2D eigenvalue weighted by atomic mass is 32.1. The molecule has 0 radical (unpaired) electrons. The Kier molecular flexibility index (Phi) is 5.81. The van der Waals surface area contributed by atoms with Crippen molar-refractivity contribution in [3.63, 3.8) is 0 Å². The molecule has 3 aromatic rings. The van der Waals surface area contributed by atoms with Gasteiger partial charge in [-0.15, -0.1) is 11.3 Å². The lowest BCUT2D eigenvalue weighted by Crippen LogP contribution is -2.22. The Hall–Kier alpha value is -2.47. The van der Waals surface area contributed by atoms with Crippen LogP contribution in [0, 0.1) is 0 Å². The van der Waals surface area contributed by atoms with Crippen molar-refractivity contribution in [2.45, 2.75) is 52.9 Å². The zero-order valence-electron chi connectivity index (χ0n) is 17.4. The second-order valence-electron chi connectivity index (χ2n) is 7.40. The van der Waals surface area contributed by atoms with Crippen LogP contribution in [0.2, 0.25) is 0 Å². The molecule has 0 bridgehead atoms. The molecule has 29 heavy (non-hydrogen) atoms. The molecule has 0 saturated carbocycles. The number of hydrogen-bond donors (Lipinski definition) is 0. The minimum atomic E-state index is -0.0257. The van der Waals surface area contributed by atoms with E-state index >= 15 is 0 Å². The fraction of sp³-hybridized carbons (Fsp3) is 0.435. The molecule has 0 fully saturated rings. The van der Waals surface area contributed by atoms with Crippen molar-refractivity contribution in [2.24, 2.45) is 5.10 Å². The largest absolute Gasteiger partial charge is 0.372 e. The van der Waals surface area contributed by atoms with Gasteiger partial charge < -0.3 is 4.90 Å². The van der Waals surface area contributed by atoms with Crippen LogP contribution >= 0.6 is 11.3 Å². The van der Waals surface area contributed by atoms with Gasteiger partial charge in [0.05, 0.1) is 11.6 Å². The second-order valence-corrected chi connectivity index (χ2v) is 8.48. The summed E-state index contributed by atoms with van der Waals surface area (Å²) in [6.07, 6.45) is 6.84. The minimum absolute atomic E-state index is 0.0257. The number of aryl methyl sites for hydroxylation is 3. The molecule has 0 unspecified atom stereocenters. The Balaban J connectivity index is 1.71. The maximum atomic E-state index is 13.3. The van der Waals surface area contributed by atoms with E-state index in [9.17, 15) is 4.79 Å². The Morgan fingerprint density at radius 2 is 1.86 bits per heavy atom. The summed E-state index contributed by atoms with van der Waals surface area (Å²) in [4.78, 5) is 22.6. The monoisotopic (exact) mass is 408 g/mol. The summed E-state index contributed by atoms with van der Waals surface area (Å²) in [7, 11) is 0. The maximum Gasteiger partial charge on any atom is 0.283 e. The van der Waals surface area contributed by atoms with E-state index in [1.54, 1.807) is 17.6 Å². The van der Waals surface area contributed by atoms with Gasteiger partial charge >= 0.3 is 0 Å². The number of nitrogens with zero attached hydrogens (tertiary/aromatic N) is 4. The summed E-state index contributed by atoms with van der Waals surface area (Å²) in [6, 6.07) is 8.31. The van der Waals surface area contributed by atoms with Crippen LogP contribution in [0.1, 0.15) is 55.4 Å². The predicted octanol–water partition coefficient (Wildman–Crippen LogP) is 4.63. The zero-order valence-corrected chi connectivity index (χ0v) is 18.3. The van der Waals surface area contributed by atoms with Crippen molar-refractivity contribution in [1.29, 1.82) is 0 Å². The van der Waals surface area contributed by atoms with Crippen molar-refractivity contribution < 1.29 is 0 Å². The number of benzene rings is 1. The Morgan fingerprint density at radius 1 is 1.14 bits per heavy atom. The summed E-state index contributed by atoms with van der Waals surface area (Å²) < 4.78 is 1.50. The molecule has 0 saturated heterocycles. The van der Waals surface area contributed by atoms with Crippen molar-refractivity contribution in [1.82, 2.24) is 9.66 Å². The summed E-state index contributed by atoms with van der Waals surface area (Å²) >= 11 is 1.69. The van der Waals surface area contributed by atoms with Gasteiger partial charge in [0.2, 0.25) is 0 Å². The molecule has 6 heteroatoms. The Morgan fingerprint density at radius 3 is 2.55 bits per heavy atom. The lowest BCUT2D eigenvalue weighted by molar-refractivity contribution is 0.696. The third kappa shape index (κ3) is 3.73. The normalized spacial score (nSPS) is 13.9. The number of rotatable bonds is 6. The average Bonchev–Trinajstić information content (AvgIpc) is 3.13. The highest BCUT2D eigenvalue weighted by Crippen LogP contribution is 2.33.